The molecule has 5 heteroatoms. The average Bonchev–Trinajstić information content (AvgIpc) is 3.19. The standard InChI is InChI=1S/C17H16N2O2S/c20-17(18-9-8-13-5-2-1-3-6-13)12-14-11-15(21-19-14)16-7-4-10-22-16/h1-7,10-11H,8-9,12H2,(H,18,20). The predicted molar refractivity (Wildman–Crippen MR) is 86.7 cm³/mol. The first-order valence-electron chi connectivity index (χ1n) is 7.11. The molecule has 0 saturated heterocycles. The summed E-state index contributed by atoms with van der Waals surface area (Å²) in [6, 6.07) is 15.8. The van der Waals surface area contributed by atoms with Crippen LogP contribution in [0.25, 0.3) is 10.6 Å². The van der Waals surface area contributed by atoms with Crippen molar-refractivity contribution in [3.63, 3.8) is 0 Å². The molecular formula is C17H16N2O2S. The number of nitrogens with one attached hydrogen (secondary N) is 1. The van der Waals surface area contributed by atoms with Crippen molar-refractivity contribution in [1.82, 2.24) is 10.5 Å². The van der Waals surface area contributed by atoms with Gasteiger partial charge in [0.2, 0.25) is 5.91 Å². The topological polar surface area (TPSA) is 55.1 Å². The van der Waals surface area contributed by atoms with Crippen LogP contribution in [0, 0.1) is 0 Å². The van der Waals surface area contributed by atoms with Crippen LogP contribution < -0.4 is 5.32 Å². The van der Waals surface area contributed by atoms with Gasteiger partial charge in [0.25, 0.3) is 0 Å². The van der Waals surface area contributed by atoms with Crippen molar-refractivity contribution in [2.24, 2.45) is 0 Å². The lowest BCUT2D eigenvalue weighted by Crippen LogP contribution is -2.27. The van der Waals surface area contributed by atoms with Crippen LogP contribution in [0.2, 0.25) is 0 Å². The van der Waals surface area contributed by atoms with E-state index in [-0.39, 0.29) is 12.3 Å². The minimum Gasteiger partial charge on any atom is -0.355 e. The first kappa shape index (κ1) is 14.5. The number of nitrogens with zero attached hydrogens (tertiary/aromatic N) is 1. The zero-order chi connectivity index (χ0) is 15.2. The highest BCUT2D eigenvalue weighted by molar-refractivity contribution is 7.13. The number of hydrogen-bond acceptors (Lipinski definition) is 4. The Hall–Kier alpha value is -2.40. The fourth-order valence-electron chi connectivity index (χ4n) is 2.15. The molecule has 0 spiro atoms. The Labute approximate surface area is 132 Å². The molecule has 3 aromatic rings. The Morgan fingerprint density at radius 2 is 2.05 bits per heavy atom. The summed E-state index contributed by atoms with van der Waals surface area (Å²) < 4.78 is 5.26. The van der Waals surface area contributed by atoms with E-state index in [9.17, 15) is 4.79 Å². The molecule has 0 aliphatic rings. The third kappa shape index (κ3) is 3.83. The molecule has 0 aliphatic heterocycles. The molecule has 4 nitrogen and oxygen atoms in total. The maximum atomic E-state index is 11.9. The third-order valence-corrected chi connectivity index (χ3v) is 4.13. The summed E-state index contributed by atoms with van der Waals surface area (Å²) in [7, 11) is 0. The highest BCUT2D eigenvalue weighted by atomic mass is 32.1. The first-order valence-corrected chi connectivity index (χ1v) is 7.99. The van der Waals surface area contributed by atoms with Gasteiger partial charge in [-0.2, -0.15) is 0 Å². The average molecular weight is 312 g/mol. The van der Waals surface area contributed by atoms with Crippen LogP contribution in [-0.2, 0) is 17.6 Å². The van der Waals surface area contributed by atoms with E-state index in [1.54, 1.807) is 11.3 Å². The lowest BCUT2D eigenvalue weighted by molar-refractivity contribution is -0.120. The Balaban J connectivity index is 1.48. The van der Waals surface area contributed by atoms with Gasteiger partial charge in [0, 0.05) is 12.6 Å². The van der Waals surface area contributed by atoms with E-state index in [2.05, 4.69) is 22.6 Å². The quantitative estimate of drug-likeness (QED) is 0.760. The van der Waals surface area contributed by atoms with E-state index in [0.29, 0.717) is 18.0 Å². The van der Waals surface area contributed by atoms with Crippen molar-refractivity contribution >= 4 is 17.2 Å². The Kier molecular flexibility index (Phi) is 4.65. The van der Waals surface area contributed by atoms with Crippen LogP contribution in [0.3, 0.4) is 0 Å². The van der Waals surface area contributed by atoms with Gasteiger partial charge >= 0.3 is 0 Å². The maximum Gasteiger partial charge on any atom is 0.226 e. The molecule has 22 heavy (non-hydrogen) atoms. The number of rotatable bonds is 6. The number of aromatic nitrogens is 1. The molecule has 2 aromatic heterocycles. The summed E-state index contributed by atoms with van der Waals surface area (Å²) in [5.41, 5.74) is 1.87. The third-order valence-electron chi connectivity index (χ3n) is 3.24. The maximum absolute atomic E-state index is 11.9. The molecule has 0 bridgehead atoms. The fraction of sp³-hybridized carbons (Fsp3) is 0.176. The van der Waals surface area contributed by atoms with Crippen molar-refractivity contribution in [2.45, 2.75) is 12.8 Å². The van der Waals surface area contributed by atoms with Crippen molar-refractivity contribution in [2.75, 3.05) is 6.54 Å². The van der Waals surface area contributed by atoms with Gasteiger partial charge in [-0.15, -0.1) is 11.3 Å². The highest BCUT2D eigenvalue weighted by Crippen LogP contribution is 2.25. The van der Waals surface area contributed by atoms with E-state index in [4.69, 9.17) is 4.52 Å². The van der Waals surface area contributed by atoms with Crippen molar-refractivity contribution in [3.8, 4) is 10.6 Å². The summed E-state index contributed by atoms with van der Waals surface area (Å²) in [6.45, 7) is 0.623. The van der Waals surface area contributed by atoms with Crippen LogP contribution in [0.4, 0.5) is 0 Å². The molecule has 0 atom stereocenters. The van der Waals surface area contributed by atoms with Crippen molar-refractivity contribution in [3.05, 3.63) is 65.2 Å². The molecule has 112 valence electrons. The van der Waals surface area contributed by atoms with E-state index >= 15 is 0 Å². The summed E-state index contributed by atoms with van der Waals surface area (Å²) in [5.74, 6) is 0.670. The van der Waals surface area contributed by atoms with Crippen LogP contribution in [0.15, 0.2) is 58.4 Å². The Morgan fingerprint density at radius 3 is 2.82 bits per heavy atom. The molecule has 3 rings (SSSR count). The lowest BCUT2D eigenvalue weighted by atomic mass is 10.1. The van der Waals surface area contributed by atoms with Gasteiger partial charge < -0.3 is 9.84 Å². The number of amides is 1. The normalized spacial score (nSPS) is 10.5. The number of benzene rings is 1. The molecule has 1 N–H and O–H groups in total. The SMILES string of the molecule is O=C(Cc1cc(-c2cccs2)on1)NCCc1ccccc1. The minimum absolute atomic E-state index is 0.0399. The van der Waals surface area contributed by atoms with Crippen molar-refractivity contribution < 1.29 is 9.32 Å². The zero-order valence-corrected chi connectivity index (χ0v) is 12.8. The van der Waals surface area contributed by atoms with E-state index in [1.165, 1.54) is 5.56 Å². The molecular weight excluding hydrogens is 296 g/mol. The van der Waals surface area contributed by atoms with Crippen LogP contribution in [0.5, 0.6) is 0 Å². The highest BCUT2D eigenvalue weighted by Gasteiger charge is 2.10. The smallest absolute Gasteiger partial charge is 0.226 e. The first-order chi connectivity index (χ1) is 10.8. The molecule has 0 unspecified atom stereocenters. The lowest BCUT2D eigenvalue weighted by Gasteiger charge is -2.03. The molecule has 1 amide bonds. The molecule has 2 heterocycles. The van der Waals surface area contributed by atoms with Crippen LogP contribution >= 0.6 is 11.3 Å². The number of carbonyl (C=O) groups excluding carboxylic acids is 1. The van der Waals surface area contributed by atoms with E-state index < -0.39 is 0 Å². The summed E-state index contributed by atoms with van der Waals surface area (Å²) in [5, 5.41) is 8.83. The Morgan fingerprint density at radius 1 is 1.18 bits per heavy atom. The van der Waals surface area contributed by atoms with Crippen molar-refractivity contribution in [1.29, 1.82) is 0 Å². The summed E-state index contributed by atoms with van der Waals surface area (Å²) in [6.07, 6.45) is 1.06. The van der Waals surface area contributed by atoms with E-state index in [0.717, 1.165) is 11.3 Å². The minimum atomic E-state index is -0.0399. The molecule has 0 saturated carbocycles. The van der Waals surface area contributed by atoms with Crippen LogP contribution in [-0.4, -0.2) is 17.6 Å². The van der Waals surface area contributed by atoms with Gasteiger partial charge in [-0.3, -0.25) is 4.79 Å². The molecule has 0 aliphatic carbocycles. The second kappa shape index (κ2) is 7.04. The van der Waals surface area contributed by atoms with Gasteiger partial charge in [0.1, 0.15) is 0 Å². The predicted octanol–water partition coefficient (Wildman–Crippen LogP) is 3.30. The number of hydrogen-bond donors (Lipinski definition) is 1. The monoisotopic (exact) mass is 312 g/mol. The van der Waals surface area contributed by atoms with Crippen LogP contribution in [0.1, 0.15) is 11.3 Å². The molecule has 0 fully saturated rings. The zero-order valence-electron chi connectivity index (χ0n) is 12.0. The largest absolute Gasteiger partial charge is 0.355 e. The van der Waals surface area contributed by atoms with Gasteiger partial charge in [0.15, 0.2) is 5.76 Å². The Bertz CT molecular complexity index is 720. The second-order valence-corrected chi connectivity index (χ2v) is 5.87. The van der Waals surface area contributed by atoms with Gasteiger partial charge in [0.05, 0.1) is 17.0 Å². The number of carbonyl (C=O) groups is 1. The second-order valence-electron chi connectivity index (χ2n) is 4.92. The molecule has 1 aromatic carbocycles. The summed E-state index contributed by atoms with van der Waals surface area (Å²) in [4.78, 5) is 12.9. The summed E-state index contributed by atoms with van der Waals surface area (Å²) >= 11 is 1.59. The molecule has 0 radical (unpaired) electrons. The van der Waals surface area contributed by atoms with Gasteiger partial charge in [-0.1, -0.05) is 41.6 Å². The fourth-order valence-corrected chi connectivity index (χ4v) is 2.82. The van der Waals surface area contributed by atoms with E-state index in [1.807, 2.05) is 41.8 Å². The van der Waals surface area contributed by atoms with Gasteiger partial charge in [-0.25, -0.2) is 0 Å². The van der Waals surface area contributed by atoms with Gasteiger partial charge in [-0.05, 0) is 23.4 Å². The number of thiophene rings is 1.